The summed E-state index contributed by atoms with van der Waals surface area (Å²) in [5, 5.41) is 3.91. The van der Waals surface area contributed by atoms with Crippen molar-refractivity contribution in [2.45, 2.75) is 49.1 Å². The van der Waals surface area contributed by atoms with Crippen molar-refractivity contribution in [2.75, 3.05) is 5.75 Å². The number of nitrogens with two attached hydrogens (primary N) is 1. The van der Waals surface area contributed by atoms with Gasteiger partial charge in [-0.2, -0.15) is 0 Å². The topological polar surface area (TPSA) is 55.1 Å². The van der Waals surface area contributed by atoms with Gasteiger partial charge in [-0.15, -0.1) is 11.8 Å². The van der Waals surface area contributed by atoms with Crippen LogP contribution < -0.4 is 11.1 Å². The standard InChI is InChI=1S/C16H21ClN2OS/c17-11-4-5-15-12(9-11)14(6-7-21-15)19-16(20)8-10-2-1-3-13(10)18/h4-5,9-10,13-14H,1-3,6-8,18H2,(H,19,20)/t10-,13+,14?/m0/s1. The van der Waals surface area contributed by atoms with E-state index >= 15 is 0 Å². The predicted molar refractivity (Wildman–Crippen MR) is 87.6 cm³/mol. The lowest BCUT2D eigenvalue weighted by Crippen LogP contribution is -2.34. The number of fused-ring (bicyclic) bond motifs is 1. The highest BCUT2D eigenvalue weighted by Gasteiger charge is 2.28. The molecule has 0 bridgehead atoms. The Hall–Kier alpha value is -0.710. The van der Waals surface area contributed by atoms with Gasteiger partial charge in [-0.1, -0.05) is 18.0 Å². The summed E-state index contributed by atoms with van der Waals surface area (Å²) in [5.74, 6) is 1.50. The van der Waals surface area contributed by atoms with Gasteiger partial charge in [0.1, 0.15) is 0 Å². The Labute approximate surface area is 135 Å². The minimum atomic E-state index is 0.0880. The van der Waals surface area contributed by atoms with Crippen molar-refractivity contribution in [1.82, 2.24) is 5.32 Å². The molecule has 5 heteroatoms. The van der Waals surface area contributed by atoms with Gasteiger partial charge in [0.05, 0.1) is 6.04 Å². The van der Waals surface area contributed by atoms with Crippen molar-refractivity contribution in [1.29, 1.82) is 0 Å². The highest BCUT2D eigenvalue weighted by Crippen LogP contribution is 2.37. The van der Waals surface area contributed by atoms with Crippen molar-refractivity contribution in [2.24, 2.45) is 11.7 Å². The van der Waals surface area contributed by atoms with Gasteiger partial charge in [-0.25, -0.2) is 0 Å². The van der Waals surface area contributed by atoms with E-state index in [9.17, 15) is 4.79 Å². The van der Waals surface area contributed by atoms with Crippen LogP contribution in [0, 0.1) is 5.92 Å². The molecule has 3 atom stereocenters. The van der Waals surface area contributed by atoms with Crippen LogP contribution in [0.4, 0.5) is 0 Å². The third-order valence-corrected chi connectivity index (χ3v) is 5.87. The smallest absolute Gasteiger partial charge is 0.220 e. The van der Waals surface area contributed by atoms with Gasteiger partial charge in [0, 0.05) is 28.1 Å². The summed E-state index contributed by atoms with van der Waals surface area (Å²) in [6, 6.07) is 6.22. The maximum Gasteiger partial charge on any atom is 0.220 e. The van der Waals surface area contributed by atoms with Crippen molar-refractivity contribution < 1.29 is 4.79 Å². The summed E-state index contributed by atoms with van der Waals surface area (Å²) in [5.41, 5.74) is 7.21. The van der Waals surface area contributed by atoms with Gasteiger partial charge in [-0.3, -0.25) is 4.79 Å². The quantitative estimate of drug-likeness (QED) is 0.894. The Morgan fingerprint density at radius 3 is 3.00 bits per heavy atom. The lowest BCUT2D eigenvalue weighted by atomic mass is 9.98. The Balaban J connectivity index is 1.66. The van der Waals surface area contributed by atoms with Crippen LogP contribution in [-0.4, -0.2) is 17.7 Å². The number of hydrogen-bond acceptors (Lipinski definition) is 3. The minimum Gasteiger partial charge on any atom is -0.349 e. The fourth-order valence-corrected chi connectivity index (χ4v) is 4.61. The molecular weight excluding hydrogens is 304 g/mol. The predicted octanol–water partition coefficient (Wildman–Crippen LogP) is 3.51. The minimum absolute atomic E-state index is 0.0880. The molecule has 3 nitrogen and oxygen atoms in total. The van der Waals surface area contributed by atoms with Crippen molar-refractivity contribution in [3.05, 3.63) is 28.8 Å². The molecule has 0 saturated heterocycles. The molecule has 21 heavy (non-hydrogen) atoms. The second-order valence-electron chi connectivity index (χ2n) is 6.00. The van der Waals surface area contributed by atoms with Crippen LogP contribution >= 0.6 is 23.4 Å². The number of hydrogen-bond donors (Lipinski definition) is 2. The lowest BCUT2D eigenvalue weighted by Gasteiger charge is -2.27. The first-order valence-electron chi connectivity index (χ1n) is 7.60. The maximum absolute atomic E-state index is 12.3. The van der Waals surface area contributed by atoms with Crippen LogP contribution in [0.3, 0.4) is 0 Å². The first-order valence-corrected chi connectivity index (χ1v) is 8.97. The zero-order valence-corrected chi connectivity index (χ0v) is 13.6. The highest BCUT2D eigenvalue weighted by atomic mass is 35.5. The molecule has 1 saturated carbocycles. The number of carbonyl (C=O) groups is 1. The largest absolute Gasteiger partial charge is 0.349 e. The van der Waals surface area contributed by atoms with E-state index in [4.69, 9.17) is 17.3 Å². The average Bonchev–Trinajstić information content (AvgIpc) is 2.85. The molecule has 1 aromatic carbocycles. The number of carbonyl (C=O) groups excluding carboxylic acids is 1. The molecule has 0 aromatic heterocycles. The van der Waals surface area contributed by atoms with Crippen LogP contribution in [0.2, 0.25) is 5.02 Å². The Morgan fingerprint density at radius 2 is 2.24 bits per heavy atom. The molecule has 1 heterocycles. The first kappa shape index (κ1) is 15.2. The maximum atomic E-state index is 12.3. The van der Waals surface area contributed by atoms with E-state index in [0.717, 1.165) is 42.0 Å². The summed E-state index contributed by atoms with van der Waals surface area (Å²) in [7, 11) is 0. The number of benzene rings is 1. The van der Waals surface area contributed by atoms with Crippen LogP contribution in [0.15, 0.2) is 23.1 Å². The molecule has 3 rings (SSSR count). The summed E-state index contributed by atoms with van der Waals surface area (Å²) < 4.78 is 0. The van der Waals surface area contributed by atoms with E-state index in [2.05, 4.69) is 5.32 Å². The monoisotopic (exact) mass is 324 g/mol. The number of halogens is 1. The Bertz CT molecular complexity index is 537. The third-order valence-electron chi connectivity index (χ3n) is 4.51. The fraction of sp³-hybridized carbons (Fsp3) is 0.562. The molecule has 114 valence electrons. The SMILES string of the molecule is N[C@@H]1CCC[C@H]1CC(=O)NC1CCSc2ccc(Cl)cc21. The number of thioether (sulfide) groups is 1. The van der Waals surface area contributed by atoms with E-state index in [-0.39, 0.29) is 18.0 Å². The summed E-state index contributed by atoms with van der Waals surface area (Å²) in [6.45, 7) is 0. The molecule has 1 aromatic rings. The molecule has 0 radical (unpaired) electrons. The third kappa shape index (κ3) is 3.55. The fourth-order valence-electron chi connectivity index (χ4n) is 3.33. The molecular formula is C16H21ClN2OS. The molecule has 3 N–H and O–H groups in total. The molecule has 1 fully saturated rings. The van der Waals surface area contributed by atoms with Gasteiger partial charge >= 0.3 is 0 Å². The molecule has 1 amide bonds. The molecule has 1 aliphatic carbocycles. The molecule has 1 unspecified atom stereocenters. The summed E-state index contributed by atoms with van der Waals surface area (Å²) in [4.78, 5) is 13.5. The van der Waals surface area contributed by atoms with Gasteiger partial charge < -0.3 is 11.1 Å². The van der Waals surface area contributed by atoms with Gasteiger partial charge in [0.15, 0.2) is 0 Å². The summed E-state index contributed by atoms with van der Waals surface area (Å²) >= 11 is 7.93. The lowest BCUT2D eigenvalue weighted by molar-refractivity contribution is -0.122. The second kappa shape index (κ2) is 6.59. The van der Waals surface area contributed by atoms with Crippen LogP contribution in [-0.2, 0) is 4.79 Å². The summed E-state index contributed by atoms with van der Waals surface area (Å²) in [6.07, 6.45) is 4.80. The normalized spacial score (nSPS) is 28.2. The number of nitrogens with one attached hydrogen (secondary N) is 1. The van der Waals surface area contributed by atoms with Gasteiger partial charge in [-0.05, 0) is 48.9 Å². The average molecular weight is 325 g/mol. The van der Waals surface area contributed by atoms with E-state index in [0.29, 0.717) is 12.3 Å². The Morgan fingerprint density at radius 1 is 1.38 bits per heavy atom. The zero-order chi connectivity index (χ0) is 14.8. The van der Waals surface area contributed by atoms with Crippen molar-refractivity contribution in [3.63, 3.8) is 0 Å². The Kier molecular flexibility index (Phi) is 4.77. The highest BCUT2D eigenvalue weighted by molar-refractivity contribution is 7.99. The first-order chi connectivity index (χ1) is 10.1. The zero-order valence-electron chi connectivity index (χ0n) is 12.0. The van der Waals surface area contributed by atoms with E-state index in [1.165, 1.54) is 4.90 Å². The molecule has 1 aliphatic heterocycles. The second-order valence-corrected chi connectivity index (χ2v) is 7.57. The van der Waals surface area contributed by atoms with Crippen LogP contribution in [0.5, 0.6) is 0 Å². The molecule has 0 spiro atoms. The van der Waals surface area contributed by atoms with E-state index < -0.39 is 0 Å². The van der Waals surface area contributed by atoms with Crippen LogP contribution in [0.25, 0.3) is 0 Å². The van der Waals surface area contributed by atoms with Crippen LogP contribution in [0.1, 0.15) is 43.7 Å². The van der Waals surface area contributed by atoms with Gasteiger partial charge in [0.25, 0.3) is 0 Å². The van der Waals surface area contributed by atoms with Crippen molar-refractivity contribution >= 4 is 29.3 Å². The number of amides is 1. The molecule has 2 aliphatic rings. The van der Waals surface area contributed by atoms with Gasteiger partial charge in [0.2, 0.25) is 5.91 Å². The number of rotatable bonds is 3. The van der Waals surface area contributed by atoms with E-state index in [1.807, 2.05) is 30.0 Å². The van der Waals surface area contributed by atoms with Crippen molar-refractivity contribution in [3.8, 4) is 0 Å². The van der Waals surface area contributed by atoms with E-state index in [1.54, 1.807) is 0 Å².